The van der Waals surface area contributed by atoms with E-state index in [1.807, 2.05) is 0 Å². The lowest BCUT2D eigenvalue weighted by Crippen LogP contribution is -2.38. The van der Waals surface area contributed by atoms with Gasteiger partial charge in [0.2, 0.25) is 0 Å². The molecule has 4 rings (SSSR count). The summed E-state index contributed by atoms with van der Waals surface area (Å²) in [5, 5.41) is 5.97. The highest BCUT2D eigenvalue weighted by Crippen LogP contribution is 2.35. The minimum Gasteiger partial charge on any atom is -0.495 e. The van der Waals surface area contributed by atoms with E-state index in [1.54, 1.807) is 42.5 Å². The van der Waals surface area contributed by atoms with Crippen LogP contribution in [0.1, 0.15) is 85.4 Å². The van der Waals surface area contributed by atoms with Crippen LogP contribution in [0, 0.1) is 11.8 Å². The third-order valence-corrected chi connectivity index (χ3v) is 7.84. The maximum Gasteiger partial charge on any atom is 0.308 e. The summed E-state index contributed by atoms with van der Waals surface area (Å²) in [5.74, 6) is 0.954. The van der Waals surface area contributed by atoms with E-state index in [1.165, 1.54) is 33.3 Å². The SMILES string of the molecule is COc1ccc(C(=O)NC2CCC(CC3CCC(N)CC3)CC2)cc1NC(=O)c1ccccc1OC(C)=O. The van der Waals surface area contributed by atoms with Crippen molar-refractivity contribution in [1.29, 1.82) is 0 Å². The van der Waals surface area contributed by atoms with E-state index in [-0.39, 0.29) is 23.3 Å². The Morgan fingerprint density at radius 3 is 2.18 bits per heavy atom. The Hall–Kier alpha value is -3.39. The van der Waals surface area contributed by atoms with Gasteiger partial charge in [0.05, 0.1) is 18.4 Å². The molecule has 0 saturated heterocycles. The fraction of sp³-hybridized carbons (Fsp3) is 0.500. The van der Waals surface area contributed by atoms with Crippen molar-refractivity contribution in [3.8, 4) is 11.5 Å². The van der Waals surface area contributed by atoms with Gasteiger partial charge in [0.15, 0.2) is 0 Å². The van der Waals surface area contributed by atoms with Crippen LogP contribution in [0.15, 0.2) is 42.5 Å². The van der Waals surface area contributed by atoms with Crippen molar-refractivity contribution in [3.63, 3.8) is 0 Å². The molecule has 2 aromatic carbocycles. The predicted molar refractivity (Wildman–Crippen MR) is 146 cm³/mol. The molecule has 0 aliphatic heterocycles. The van der Waals surface area contributed by atoms with Gasteiger partial charge in [-0.15, -0.1) is 0 Å². The van der Waals surface area contributed by atoms with Crippen LogP contribution in [-0.2, 0) is 4.79 Å². The van der Waals surface area contributed by atoms with Crippen molar-refractivity contribution >= 4 is 23.5 Å². The van der Waals surface area contributed by atoms with E-state index >= 15 is 0 Å². The number of benzene rings is 2. The second-order valence-electron chi connectivity index (χ2n) is 10.7. The quantitative estimate of drug-likeness (QED) is 0.330. The summed E-state index contributed by atoms with van der Waals surface area (Å²) in [5.41, 5.74) is 7.06. The first-order valence-electron chi connectivity index (χ1n) is 13.7. The lowest BCUT2D eigenvalue weighted by Gasteiger charge is -2.33. The molecule has 4 N–H and O–H groups in total. The maximum absolute atomic E-state index is 13.1. The van der Waals surface area contributed by atoms with Gasteiger partial charge in [-0.1, -0.05) is 12.1 Å². The number of nitrogens with one attached hydrogen (secondary N) is 2. The summed E-state index contributed by atoms with van der Waals surface area (Å²) in [4.78, 5) is 37.5. The van der Waals surface area contributed by atoms with Crippen LogP contribution in [0.4, 0.5) is 5.69 Å². The highest BCUT2D eigenvalue weighted by Gasteiger charge is 2.27. The lowest BCUT2D eigenvalue weighted by molar-refractivity contribution is -0.131. The molecule has 2 fully saturated rings. The van der Waals surface area contributed by atoms with Gasteiger partial charge in [0.1, 0.15) is 11.5 Å². The number of hydrogen-bond acceptors (Lipinski definition) is 6. The number of carbonyl (C=O) groups excluding carboxylic acids is 3. The standard InChI is InChI=1S/C30H39N3O5/c1-19(34)38-27-6-4-3-5-25(27)30(36)33-26-18-22(11-16-28(26)37-2)29(35)32-24-14-9-21(10-15-24)17-20-7-12-23(31)13-8-20/h3-6,11,16,18,20-21,23-24H,7-10,12-15,17,31H2,1-2H3,(H,32,35)(H,33,36). The molecular weight excluding hydrogens is 482 g/mol. The zero-order valence-electron chi connectivity index (χ0n) is 22.3. The Balaban J connectivity index is 1.35. The second-order valence-corrected chi connectivity index (χ2v) is 10.7. The van der Waals surface area contributed by atoms with E-state index in [0.717, 1.165) is 50.4 Å². The van der Waals surface area contributed by atoms with Gasteiger partial charge in [0.25, 0.3) is 11.8 Å². The molecule has 38 heavy (non-hydrogen) atoms. The van der Waals surface area contributed by atoms with E-state index in [9.17, 15) is 14.4 Å². The van der Waals surface area contributed by atoms with Gasteiger partial charge in [-0.25, -0.2) is 0 Å². The van der Waals surface area contributed by atoms with E-state index < -0.39 is 11.9 Å². The fourth-order valence-corrected chi connectivity index (χ4v) is 5.74. The van der Waals surface area contributed by atoms with Crippen LogP contribution in [0.2, 0.25) is 0 Å². The highest BCUT2D eigenvalue weighted by molar-refractivity contribution is 6.08. The predicted octanol–water partition coefficient (Wildman–Crippen LogP) is 5.07. The number of methoxy groups -OCH3 is 1. The Bertz CT molecular complexity index is 1130. The van der Waals surface area contributed by atoms with Gasteiger partial charge >= 0.3 is 5.97 Å². The van der Waals surface area contributed by atoms with Gasteiger partial charge < -0.3 is 25.8 Å². The minimum atomic E-state index is -0.519. The van der Waals surface area contributed by atoms with E-state index in [4.69, 9.17) is 15.2 Å². The van der Waals surface area contributed by atoms with Gasteiger partial charge in [-0.05, 0) is 100.0 Å². The van der Waals surface area contributed by atoms with Gasteiger partial charge in [-0.3, -0.25) is 14.4 Å². The molecule has 2 aromatic rings. The first-order valence-corrected chi connectivity index (χ1v) is 13.7. The topological polar surface area (TPSA) is 120 Å². The fourth-order valence-electron chi connectivity index (χ4n) is 5.74. The molecule has 2 aliphatic rings. The number of para-hydroxylation sites is 1. The van der Waals surface area contributed by atoms with Crippen molar-refractivity contribution < 1.29 is 23.9 Å². The average Bonchev–Trinajstić information content (AvgIpc) is 2.91. The monoisotopic (exact) mass is 521 g/mol. The molecular formula is C30H39N3O5. The minimum absolute atomic E-state index is 0.147. The van der Waals surface area contributed by atoms with Crippen molar-refractivity contribution in [3.05, 3.63) is 53.6 Å². The van der Waals surface area contributed by atoms with Gasteiger partial charge in [-0.2, -0.15) is 0 Å². The van der Waals surface area contributed by atoms with Crippen molar-refractivity contribution in [2.75, 3.05) is 12.4 Å². The van der Waals surface area contributed by atoms with Crippen molar-refractivity contribution in [2.45, 2.75) is 76.8 Å². The van der Waals surface area contributed by atoms with E-state index in [0.29, 0.717) is 23.0 Å². The number of ether oxygens (including phenoxy) is 2. The number of hydrogen-bond donors (Lipinski definition) is 3. The molecule has 0 radical (unpaired) electrons. The third kappa shape index (κ3) is 7.34. The number of carbonyl (C=O) groups is 3. The first kappa shape index (κ1) is 27.6. The molecule has 0 unspecified atom stereocenters. The summed E-state index contributed by atoms with van der Waals surface area (Å²) in [6, 6.07) is 12.0. The summed E-state index contributed by atoms with van der Waals surface area (Å²) in [7, 11) is 1.50. The molecule has 2 saturated carbocycles. The zero-order valence-corrected chi connectivity index (χ0v) is 22.3. The molecule has 204 valence electrons. The summed E-state index contributed by atoms with van der Waals surface area (Å²) < 4.78 is 10.6. The smallest absolute Gasteiger partial charge is 0.308 e. The first-order chi connectivity index (χ1) is 18.3. The number of nitrogens with two attached hydrogens (primary N) is 1. The molecule has 0 spiro atoms. The second kappa shape index (κ2) is 12.9. The van der Waals surface area contributed by atoms with Crippen LogP contribution >= 0.6 is 0 Å². The zero-order chi connectivity index (χ0) is 27.1. The molecule has 0 aromatic heterocycles. The number of anilines is 1. The van der Waals surface area contributed by atoms with Crippen LogP contribution < -0.4 is 25.8 Å². The summed E-state index contributed by atoms with van der Waals surface area (Å²) >= 11 is 0. The Labute approximate surface area is 224 Å². The molecule has 0 heterocycles. The lowest BCUT2D eigenvalue weighted by atomic mass is 9.76. The van der Waals surface area contributed by atoms with Crippen LogP contribution in [-0.4, -0.2) is 37.0 Å². The van der Waals surface area contributed by atoms with Crippen LogP contribution in [0.3, 0.4) is 0 Å². The average molecular weight is 522 g/mol. The largest absolute Gasteiger partial charge is 0.495 e. The molecule has 8 heteroatoms. The van der Waals surface area contributed by atoms with Crippen LogP contribution in [0.5, 0.6) is 11.5 Å². The van der Waals surface area contributed by atoms with Crippen molar-refractivity contribution in [2.24, 2.45) is 17.6 Å². The highest BCUT2D eigenvalue weighted by atomic mass is 16.5. The van der Waals surface area contributed by atoms with Gasteiger partial charge in [0, 0.05) is 24.6 Å². The Morgan fingerprint density at radius 1 is 0.868 bits per heavy atom. The molecule has 0 atom stereocenters. The molecule has 0 bridgehead atoms. The Kier molecular flexibility index (Phi) is 9.39. The Morgan fingerprint density at radius 2 is 1.53 bits per heavy atom. The maximum atomic E-state index is 13.1. The number of esters is 1. The molecule has 2 amide bonds. The summed E-state index contributed by atoms with van der Waals surface area (Å²) in [6.07, 6.45) is 10.3. The van der Waals surface area contributed by atoms with E-state index in [2.05, 4.69) is 10.6 Å². The third-order valence-electron chi connectivity index (χ3n) is 7.84. The molecule has 2 aliphatic carbocycles. The number of amides is 2. The molecule has 8 nitrogen and oxygen atoms in total. The summed E-state index contributed by atoms with van der Waals surface area (Å²) in [6.45, 7) is 1.28. The van der Waals surface area contributed by atoms with Crippen LogP contribution in [0.25, 0.3) is 0 Å². The van der Waals surface area contributed by atoms with Crippen molar-refractivity contribution in [1.82, 2.24) is 5.32 Å². The number of rotatable bonds is 8. The normalized spacial score (nSPS) is 23.2.